The Hall–Kier alpha value is -1.45. The van der Waals surface area contributed by atoms with Crippen LogP contribution in [0.2, 0.25) is 0 Å². The van der Waals surface area contributed by atoms with Gasteiger partial charge in [0.1, 0.15) is 0 Å². The predicted molar refractivity (Wildman–Crippen MR) is 73.9 cm³/mol. The van der Waals surface area contributed by atoms with Crippen molar-refractivity contribution in [1.29, 1.82) is 0 Å². The van der Waals surface area contributed by atoms with Crippen LogP contribution in [0, 0.1) is 0 Å². The summed E-state index contributed by atoms with van der Waals surface area (Å²) in [5.41, 5.74) is 1.83. The van der Waals surface area contributed by atoms with E-state index < -0.39 is 4.57 Å². The zero-order chi connectivity index (χ0) is 12.1. The minimum Gasteiger partial charge on any atom is -0.277 e. The van der Waals surface area contributed by atoms with Crippen LogP contribution in [0.25, 0.3) is 0 Å². The smallest absolute Gasteiger partial charge is 0.277 e. The van der Waals surface area contributed by atoms with Crippen LogP contribution < -0.4 is 4.31 Å². The van der Waals surface area contributed by atoms with Gasteiger partial charge in [-0.05, 0) is 35.9 Å². The summed E-state index contributed by atoms with van der Waals surface area (Å²) in [5.74, 6) is 0. The van der Waals surface area contributed by atoms with Crippen molar-refractivity contribution in [3.05, 3.63) is 60.7 Å². The third-order valence-electron chi connectivity index (χ3n) is 2.14. The molecule has 0 radical (unpaired) electrons. The van der Waals surface area contributed by atoms with Crippen molar-refractivity contribution in [3.63, 3.8) is 0 Å². The zero-order valence-electron chi connectivity index (χ0n) is 8.92. The molecule has 0 fully saturated rings. The summed E-state index contributed by atoms with van der Waals surface area (Å²) >= 11 is 6.42. The summed E-state index contributed by atoms with van der Waals surface area (Å²) in [6, 6.07) is 19.3. The van der Waals surface area contributed by atoms with Gasteiger partial charge in [0.2, 0.25) is 0 Å². The van der Waals surface area contributed by atoms with Gasteiger partial charge in [-0.25, -0.2) is 0 Å². The Labute approximate surface area is 109 Å². The highest BCUT2D eigenvalue weighted by Gasteiger charge is 2.12. The van der Waals surface area contributed by atoms with Gasteiger partial charge in [0, 0.05) is 11.9 Å². The van der Waals surface area contributed by atoms with E-state index in [-0.39, 0.29) is 0 Å². The van der Waals surface area contributed by atoms with Crippen molar-refractivity contribution in [2.75, 3.05) is 4.31 Å². The largest absolute Gasteiger partial charge is 0.300 e. The predicted octanol–water partition coefficient (Wildman–Crippen LogP) is 4.83. The van der Waals surface area contributed by atoms with Crippen molar-refractivity contribution < 1.29 is 4.79 Å². The molecule has 0 aliphatic heterocycles. The standard InChI is InChI=1S/C13H10ClNOS/c14-13(16)17-15(11-7-3-1-4-8-11)12-9-5-2-6-10-12/h1-10H. The van der Waals surface area contributed by atoms with Crippen LogP contribution in [0.1, 0.15) is 0 Å². The highest BCUT2D eigenvalue weighted by atomic mass is 35.5. The first kappa shape index (κ1) is 12.0. The Morgan fingerprint density at radius 2 is 1.29 bits per heavy atom. The van der Waals surface area contributed by atoms with Crippen LogP contribution >= 0.6 is 23.5 Å². The molecule has 2 aromatic carbocycles. The van der Waals surface area contributed by atoms with E-state index in [0.717, 1.165) is 23.3 Å². The first-order chi connectivity index (χ1) is 8.27. The molecular formula is C13H10ClNOS. The lowest BCUT2D eigenvalue weighted by molar-refractivity contribution is 0.276. The maximum atomic E-state index is 11.1. The second-order valence-corrected chi connectivity index (χ2v) is 4.78. The van der Waals surface area contributed by atoms with E-state index in [4.69, 9.17) is 11.6 Å². The fourth-order valence-corrected chi connectivity index (χ4v) is 2.26. The quantitative estimate of drug-likeness (QED) is 0.584. The van der Waals surface area contributed by atoms with E-state index in [1.165, 1.54) is 0 Å². The van der Waals surface area contributed by atoms with E-state index >= 15 is 0 Å². The molecule has 0 aliphatic rings. The molecule has 2 nitrogen and oxygen atoms in total. The van der Waals surface area contributed by atoms with Crippen molar-refractivity contribution in [2.24, 2.45) is 0 Å². The number of hydrogen-bond donors (Lipinski definition) is 0. The average molecular weight is 264 g/mol. The third kappa shape index (κ3) is 3.25. The SMILES string of the molecule is O=C(Cl)SN(c1ccccc1)c1ccccc1. The van der Waals surface area contributed by atoms with Gasteiger partial charge in [-0.2, -0.15) is 0 Å². The number of anilines is 2. The molecule has 2 aromatic rings. The van der Waals surface area contributed by atoms with Crippen molar-refractivity contribution >= 4 is 39.5 Å². The minimum absolute atomic E-state index is 0.460. The molecule has 0 saturated heterocycles. The topological polar surface area (TPSA) is 20.3 Å². The lowest BCUT2D eigenvalue weighted by Gasteiger charge is -2.21. The van der Waals surface area contributed by atoms with Gasteiger partial charge in [0.15, 0.2) is 0 Å². The molecule has 2 rings (SSSR count). The van der Waals surface area contributed by atoms with Crippen LogP contribution in [0.3, 0.4) is 0 Å². The molecule has 0 N–H and O–H groups in total. The average Bonchev–Trinajstić information content (AvgIpc) is 2.38. The molecule has 4 heteroatoms. The Kier molecular flexibility index (Phi) is 4.07. The summed E-state index contributed by atoms with van der Waals surface area (Å²) in [4.78, 5) is 11.1. The van der Waals surface area contributed by atoms with Gasteiger partial charge in [-0.1, -0.05) is 36.4 Å². The zero-order valence-corrected chi connectivity index (χ0v) is 10.5. The van der Waals surface area contributed by atoms with E-state index in [1.807, 2.05) is 60.7 Å². The summed E-state index contributed by atoms with van der Waals surface area (Å²) in [5, 5.41) is 0. The first-order valence-electron chi connectivity index (χ1n) is 5.05. The molecule has 0 saturated carbocycles. The lowest BCUT2D eigenvalue weighted by Crippen LogP contribution is -2.07. The molecule has 0 aliphatic carbocycles. The van der Waals surface area contributed by atoms with Crippen LogP contribution in [0.5, 0.6) is 0 Å². The molecular weight excluding hydrogens is 254 g/mol. The number of benzene rings is 2. The van der Waals surface area contributed by atoms with E-state index in [2.05, 4.69) is 0 Å². The molecule has 86 valence electrons. The van der Waals surface area contributed by atoms with Crippen LogP contribution in [-0.4, -0.2) is 4.57 Å². The summed E-state index contributed by atoms with van der Waals surface area (Å²) in [7, 11) is 0. The van der Waals surface area contributed by atoms with Crippen molar-refractivity contribution in [3.8, 4) is 0 Å². The molecule has 0 spiro atoms. The number of carbonyl (C=O) groups is 1. The van der Waals surface area contributed by atoms with Crippen LogP contribution in [0.4, 0.5) is 16.2 Å². The number of para-hydroxylation sites is 2. The molecule has 17 heavy (non-hydrogen) atoms. The van der Waals surface area contributed by atoms with Gasteiger partial charge in [0.25, 0.3) is 4.57 Å². The number of carbonyl (C=O) groups excluding carboxylic acids is 1. The van der Waals surface area contributed by atoms with Gasteiger partial charge < -0.3 is 0 Å². The molecule has 0 unspecified atom stereocenters. The maximum Gasteiger partial charge on any atom is 0.300 e. The molecule has 0 amide bonds. The van der Waals surface area contributed by atoms with Gasteiger partial charge in [0.05, 0.1) is 11.4 Å². The van der Waals surface area contributed by atoms with E-state index in [9.17, 15) is 4.79 Å². The second kappa shape index (κ2) is 5.75. The highest BCUT2D eigenvalue weighted by molar-refractivity contribution is 8.17. The molecule has 0 atom stereocenters. The van der Waals surface area contributed by atoms with E-state index in [0.29, 0.717) is 0 Å². The number of rotatable bonds is 3. The fourth-order valence-electron chi connectivity index (χ4n) is 1.45. The number of hydrogen-bond acceptors (Lipinski definition) is 3. The minimum atomic E-state index is -0.460. The Balaban J connectivity index is 2.36. The Morgan fingerprint density at radius 3 is 1.65 bits per heavy atom. The van der Waals surface area contributed by atoms with Gasteiger partial charge >= 0.3 is 0 Å². The monoisotopic (exact) mass is 263 g/mol. The van der Waals surface area contributed by atoms with Crippen molar-refractivity contribution in [1.82, 2.24) is 0 Å². The van der Waals surface area contributed by atoms with Crippen molar-refractivity contribution in [2.45, 2.75) is 0 Å². The van der Waals surface area contributed by atoms with Gasteiger partial charge in [-0.3, -0.25) is 9.10 Å². The molecule has 0 heterocycles. The van der Waals surface area contributed by atoms with Gasteiger partial charge in [-0.15, -0.1) is 0 Å². The fraction of sp³-hybridized carbons (Fsp3) is 0. The maximum absolute atomic E-state index is 11.1. The highest BCUT2D eigenvalue weighted by Crippen LogP contribution is 2.33. The Bertz CT molecular complexity index is 450. The number of nitrogens with zero attached hydrogens (tertiary/aromatic N) is 1. The van der Waals surface area contributed by atoms with Crippen LogP contribution in [0.15, 0.2) is 60.7 Å². The molecule has 0 aromatic heterocycles. The Morgan fingerprint density at radius 1 is 0.882 bits per heavy atom. The summed E-state index contributed by atoms with van der Waals surface area (Å²) < 4.78 is 1.34. The molecule has 0 bridgehead atoms. The first-order valence-corrected chi connectivity index (χ1v) is 6.20. The third-order valence-corrected chi connectivity index (χ3v) is 3.10. The van der Waals surface area contributed by atoms with E-state index in [1.54, 1.807) is 4.31 Å². The normalized spacial score (nSPS) is 9.94. The van der Waals surface area contributed by atoms with Crippen LogP contribution in [-0.2, 0) is 0 Å². The summed E-state index contributed by atoms with van der Waals surface area (Å²) in [6.45, 7) is 0. The number of halogens is 1. The summed E-state index contributed by atoms with van der Waals surface area (Å²) in [6.07, 6.45) is 0. The lowest BCUT2D eigenvalue weighted by atomic mass is 10.3. The second-order valence-electron chi connectivity index (χ2n) is 3.29.